The largest absolute Gasteiger partial charge is 0.351 e. The number of hydrogen-bond donors (Lipinski definition) is 1. The zero-order chi connectivity index (χ0) is 14.8. The summed E-state index contributed by atoms with van der Waals surface area (Å²) in [6.45, 7) is 6.97. The molecule has 4 heteroatoms. The Hall–Kier alpha value is -1.84. The number of nitrogens with one attached hydrogen (secondary N) is 1. The summed E-state index contributed by atoms with van der Waals surface area (Å²) >= 11 is 0. The third-order valence-corrected chi connectivity index (χ3v) is 3.51. The van der Waals surface area contributed by atoms with Gasteiger partial charge in [-0.25, -0.2) is 0 Å². The van der Waals surface area contributed by atoms with E-state index >= 15 is 0 Å². The molecule has 0 aromatic heterocycles. The lowest BCUT2D eigenvalue weighted by atomic mass is 9.95. The molecule has 1 fully saturated rings. The molecule has 2 rings (SSSR count). The number of benzene rings is 1. The van der Waals surface area contributed by atoms with Crippen molar-refractivity contribution in [3.05, 3.63) is 35.9 Å². The molecule has 108 valence electrons. The standard InChI is InChI=1S/C16H22N2O2/c1-16(2,3)15(20)17-13-9-10-18(11-13)14(19)12-7-5-4-6-8-12/h4-8,13H,9-11H2,1-3H3,(H,17,20)/t13-/m1/s1. The maximum Gasteiger partial charge on any atom is 0.253 e. The summed E-state index contributed by atoms with van der Waals surface area (Å²) in [5, 5.41) is 3.02. The van der Waals surface area contributed by atoms with Crippen LogP contribution >= 0.6 is 0 Å². The Kier molecular flexibility index (Phi) is 4.12. The number of likely N-dealkylation sites (tertiary alicyclic amines) is 1. The summed E-state index contributed by atoms with van der Waals surface area (Å²) in [7, 11) is 0. The molecule has 0 aliphatic carbocycles. The summed E-state index contributed by atoms with van der Waals surface area (Å²) < 4.78 is 0. The number of hydrogen-bond acceptors (Lipinski definition) is 2. The van der Waals surface area contributed by atoms with E-state index in [2.05, 4.69) is 5.32 Å². The zero-order valence-electron chi connectivity index (χ0n) is 12.3. The van der Waals surface area contributed by atoms with Crippen LogP contribution < -0.4 is 5.32 Å². The average Bonchev–Trinajstić information content (AvgIpc) is 2.86. The molecule has 1 N–H and O–H groups in total. The number of nitrogens with zero attached hydrogens (tertiary/aromatic N) is 1. The maximum atomic E-state index is 12.3. The lowest BCUT2D eigenvalue weighted by molar-refractivity contribution is -0.129. The summed E-state index contributed by atoms with van der Waals surface area (Å²) in [5.41, 5.74) is 0.312. The first kappa shape index (κ1) is 14.6. The molecule has 1 aromatic carbocycles. The SMILES string of the molecule is CC(C)(C)C(=O)N[C@@H]1CCN(C(=O)c2ccccc2)C1. The predicted octanol–water partition coefficient (Wildman–Crippen LogP) is 2.06. The fourth-order valence-corrected chi connectivity index (χ4v) is 2.23. The van der Waals surface area contributed by atoms with Gasteiger partial charge >= 0.3 is 0 Å². The molecule has 1 aromatic rings. The summed E-state index contributed by atoms with van der Waals surface area (Å²) in [6.07, 6.45) is 0.820. The number of carbonyl (C=O) groups is 2. The van der Waals surface area contributed by atoms with Gasteiger partial charge in [0.15, 0.2) is 0 Å². The van der Waals surface area contributed by atoms with Crippen molar-refractivity contribution in [2.24, 2.45) is 5.41 Å². The molecule has 1 aliphatic rings. The molecule has 4 nitrogen and oxygen atoms in total. The molecule has 0 saturated carbocycles. The molecular formula is C16H22N2O2. The van der Waals surface area contributed by atoms with Crippen LogP contribution in [0.1, 0.15) is 37.6 Å². The minimum Gasteiger partial charge on any atom is -0.351 e. The Morgan fingerprint density at radius 2 is 1.85 bits per heavy atom. The van der Waals surface area contributed by atoms with Crippen LogP contribution in [0, 0.1) is 5.41 Å². The van der Waals surface area contributed by atoms with Crippen molar-refractivity contribution in [3.8, 4) is 0 Å². The molecule has 1 heterocycles. The lowest BCUT2D eigenvalue weighted by Gasteiger charge is -2.22. The zero-order valence-corrected chi connectivity index (χ0v) is 12.3. The second-order valence-corrected chi connectivity index (χ2v) is 6.33. The van der Waals surface area contributed by atoms with E-state index in [4.69, 9.17) is 0 Å². The van der Waals surface area contributed by atoms with Gasteiger partial charge in [0.05, 0.1) is 0 Å². The van der Waals surface area contributed by atoms with E-state index in [1.54, 1.807) is 0 Å². The highest BCUT2D eigenvalue weighted by atomic mass is 16.2. The predicted molar refractivity (Wildman–Crippen MR) is 78.3 cm³/mol. The van der Waals surface area contributed by atoms with Crippen molar-refractivity contribution in [3.63, 3.8) is 0 Å². The van der Waals surface area contributed by atoms with Gasteiger partial charge in [-0.05, 0) is 18.6 Å². The second kappa shape index (κ2) is 5.65. The van der Waals surface area contributed by atoms with E-state index in [-0.39, 0.29) is 17.9 Å². The Morgan fingerprint density at radius 1 is 1.20 bits per heavy atom. The van der Waals surface area contributed by atoms with E-state index in [0.29, 0.717) is 18.7 Å². The Bertz CT molecular complexity index is 491. The van der Waals surface area contributed by atoms with Crippen LogP contribution in [0.4, 0.5) is 0 Å². The summed E-state index contributed by atoms with van der Waals surface area (Å²) in [5.74, 6) is 0.0783. The van der Waals surface area contributed by atoms with Crippen molar-refractivity contribution in [2.75, 3.05) is 13.1 Å². The van der Waals surface area contributed by atoms with E-state index in [9.17, 15) is 9.59 Å². The highest BCUT2D eigenvalue weighted by molar-refractivity contribution is 5.94. The van der Waals surface area contributed by atoms with Crippen molar-refractivity contribution >= 4 is 11.8 Å². The van der Waals surface area contributed by atoms with Gasteiger partial charge < -0.3 is 10.2 Å². The van der Waals surface area contributed by atoms with Gasteiger partial charge in [0.25, 0.3) is 5.91 Å². The third kappa shape index (κ3) is 3.38. The first-order valence-electron chi connectivity index (χ1n) is 7.03. The van der Waals surface area contributed by atoms with Crippen LogP contribution in [-0.4, -0.2) is 35.8 Å². The number of amides is 2. The van der Waals surface area contributed by atoms with Gasteiger partial charge in [0.1, 0.15) is 0 Å². The van der Waals surface area contributed by atoms with Crippen LogP contribution in [0.3, 0.4) is 0 Å². The molecule has 2 amide bonds. The molecule has 1 atom stereocenters. The summed E-state index contributed by atoms with van der Waals surface area (Å²) in [4.78, 5) is 26.0. The van der Waals surface area contributed by atoms with Crippen LogP contribution in [0.5, 0.6) is 0 Å². The fourth-order valence-electron chi connectivity index (χ4n) is 2.23. The van der Waals surface area contributed by atoms with Crippen molar-refractivity contribution in [2.45, 2.75) is 33.2 Å². The highest BCUT2D eigenvalue weighted by Gasteiger charge is 2.30. The van der Waals surface area contributed by atoms with Crippen molar-refractivity contribution in [1.82, 2.24) is 10.2 Å². The monoisotopic (exact) mass is 274 g/mol. The van der Waals surface area contributed by atoms with Gasteiger partial charge in [-0.3, -0.25) is 9.59 Å². The van der Waals surface area contributed by atoms with Crippen LogP contribution in [0.15, 0.2) is 30.3 Å². The Morgan fingerprint density at radius 3 is 2.45 bits per heavy atom. The number of rotatable bonds is 2. The van der Waals surface area contributed by atoms with Gasteiger partial charge in [-0.15, -0.1) is 0 Å². The fraction of sp³-hybridized carbons (Fsp3) is 0.500. The van der Waals surface area contributed by atoms with Crippen LogP contribution in [0.2, 0.25) is 0 Å². The molecule has 0 unspecified atom stereocenters. The molecule has 0 spiro atoms. The normalized spacial score (nSPS) is 18.9. The Balaban J connectivity index is 1.93. The van der Waals surface area contributed by atoms with Gasteiger partial charge in [-0.1, -0.05) is 39.0 Å². The molecule has 0 bridgehead atoms. The minimum atomic E-state index is -0.392. The lowest BCUT2D eigenvalue weighted by Crippen LogP contribution is -2.43. The number of carbonyl (C=O) groups excluding carboxylic acids is 2. The molecule has 1 saturated heterocycles. The highest BCUT2D eigenvalue weighted by Crippen LogP contribution is 2.17. The Labute approximate surface area is 120 Å². The van der Waals surface area contributed by atoms with Crippen LogP contribution in [0.25, 0.3) is 0 Å². The first-order chi connectivity index (χ1) is 9.38. The van der Waals surface area contributed by atoms with Gasteiger partial charge in [0.2, 0.25) is 5.91 Å². The van der Waals surface area contributed by atoms with E-state index < -0.39 is 5.41 Å². The van der Waals surface area contributed by atoms with E-state index in [0.717, 1.165) is 6.42 Å². The van der Waals surface area contributed by atoms with Crippen LogP contribution in [-0.2, 0) is 4.79 Å². The van der Waals surface area contributed by atoms with Gasteiger partial charge in [-0.2, -0.15) is 0 Å². The van der Waals surface area contributed by atoms with Gasteiger partial charge in [0, 0.05) is 30.1 Å². The molecule has 1 aliphatic heterocycles. The van der Waals surface area contributed by atoms with Crippen molar-refractivity contribution in [1.29, 1.82) is 0 Å². The molecular weight excluding hydrogens is 252 g/mol. The van der Waals surface area contributed by atoms with Crippen molar-refractivity contribution < 1.29 is 9.59 Å². The maximum absolute atomic E-state index is 12.3. The molecule has 0 radical (unpaired) electrons. The smallest absolute Gasteiger partial charge is 0.253 e. The second-order valence-electron chi connectivity index (χ2n) is 6.33. The minimum absolute atomic E-state index is 0.0384. The first-order valence-corrected chi connectivity index (χ1v) is 7.03. The van der Waals surface area contributed by atoms with E-state index in [1.807, 2.05) is 56.0 Å². The van der Waals surface area contributed by atoms with E-state index in [1.165, 1.54) is 0 Å². The topological polar surface area (TPSA) is 49.4 Å². The third-order valence-electron chi connectivity index (χ3n) is 3.51. The molecule has 20 heavy (non-hydrogen) atoms. The quantitative estimate of drug-likeness (QED) is 0.897. The average molecular weight is 274 g/mol. The summed E-state index contributed by atoms with van der Waals surface area (Å²) in [6, 6.07) is 9.33.